The number of nitrogens with one attached hydrogen (secondary N) is 1. The van der Waals surface area contributed by atoms with E-state index < -0.39 is 0 Å². The summed E-state index contributed by atoms with van der Waals surface area (Å²) >= 11 is 0. The third kappa shape index (κ3) is 2.37. The zero-order valence-corrected chi connectivity index (χ0v) is 13.4. The van der Waals surface area contributed by atoms with Crippen molar-refractivity contribution in [2.45, 2.75) is 32.1 Å². The zero-order chi connectivity index (χ0) is 15.1. The number of para-hydroxylation sites is 1. The first-order chi connectivity index (χ1) is 10.8. The molecule has 22 heavy (non-hydrogen) atoms. The van der Waals surface area contributed by atoms with Crippen LogP contribution in [0.3, 0.4) is 0 Å². The van der Waals surface area contributed by atoms with Crippen molar-refractivity contribution in [3.05, 3.63) is 35.5 Å². The van der Waals surface area contributed by atoms with Crippen molar-refractivity contribution in [3.8, 4) is 0 Å². The molecule has 3 aliphatic heterocycles. The summed E-state index contributed by atoms with van der Waals surface area (Å²) in [7, 11) is 0. The summed E-state index contributed by atoms with van der Waals surface area (Å²) in [5, 5.41) is 10.8. The molecule has 0 spiro atoms. The molecule has 3 saturated heterocycles. The number of aromatic nitrogens is 1. The van der Waals surface area contributed by atoms with Crippen molar-refractivity contribution in [1.29, 1.82) is 0 Å². The predicted octanol–water partition coefficient (Wildman–Crippen LogP) is 3.15. The predicted molar refractivity (Wildman–Crippen MR) is 90.2 cm³/mol. The van der Waals surface area contributed by atoms with E-state index in [-0.39, 0.29) is 6.61 Å². The van der Waals surface area contributed by atoms with Crippen molar-refractivity contribution in [1.82, 2.24) is 9.88 Å². The minimum absolute atomic E-state index is 0.263. The maximum atomic E-state index is 9.49. The molecule has 4 heterocycles. The van der Waals surface area contributed by atoms with Gasteiger partial charge in [-0.15, -0.1) is 0 Å². The molecule has 0 aliphatic carbocycles. The number of nitrogens with zero attached hydrogens (tertiary/aromatic N) is 1. The Morgan fingerprint density at radius 3 is 2.73 bits per heavy atom. The molecular weight excluding hydrogens is 272 g/mol. The van der Waals surface area contributed by atoms with Crippen LogP contribution in [0, 0.1) is 11.8 Å². The van der Waals surface area contributed by atoms with E-state index in [9.17, 15) is 5.11 Å². The molecule has 3 fully saturated rings. The molecular formula is C19H26N2O. The van der Waals surface area contributed by atoms with Crippen LogP contribution in [0.15, 0.2) is 24.3 Å². The Labute approximate surface area is 132 Å². The Balaban J connectivity index is 1.77. The Kier molecular flexibility index (Phi) is 3.71. The minimum atomic E-state index is 0.263. The van der Waals surface area contributed by atoms with Gasteiger partial charge in [0.15, 0.2) is 0 Å². The van der Waals surface area contributed by atoms with E-state index >= 15 is 0 Å². The zero-order valence-electron chi connectivity index (χ0n) is 13.4. The molecule has 2 unspecified atom stereocenters. The molecule has 0 radical (unpaired) electrons. The summed E-state index contributed by atoms with van der Waals surface area (Å²) < 4.78 is 0. The largest absolute Gasteiger partial charge is 0.396 e. The lowest BCUT2D eigenvalue weighted by molar-refractivity contribution is 0.0852. The van der Waals surface area contributed by atoms with Gasteiger partial charge in [-0.3, -0.25) is 0 Å². The van der Waals surface area contributed by atoms with Crippen LogP contribution in [0.25, 0.3) is 10.9 Å². The van der Waals surface area contributed by atoms with Crippen LogP contribution in [-0.2, 0) is 6.42 Å². The molecule has 2 aromatic rings. The van der Waals surface area contributed by atoms with Crippen LogP contribution in [0.1, 0.15) is 36.9 Å². The second-order valence-corrected chi connectivity index (χ2v) is 7.30. The van der Waals surface area contributed by atoms with Gasteiger partial charge in [0.05, 0.1) is 0 Å². The van der Waals surface area contributed by atoms with Crippen LogP contribution < -0.4 is 0 Å². The van der Waals surface area contributed by atoms with Crippen LogP contribution in [0.5, 0.6) is 0 Å². The number of aromatic amines is 1. The highest BCUT2D eigenvalue weighted by atomic mass is 16.3. The fourth-order valence-corrected chi connectivity index (χ4v) is 4.46. The van der Waals surface area contributed by atoms with E-state index in [1.54, 1.807) is 0 Å². The number of aliphatic hydroxyl groups is 1. The van der Waals surface area contributed by atoms with Crippen LogP contribution in [0.2, 0.25) is 0 Å². The van der Waals surface area contributed by atoms with Gasteiger partial charge in [0, 0.05) is 35.7 Å². The third-order valence-corrected chi connectivity index (χ3v) is 5.74. The van der Waals surface area contributed by atoms with Crippen LogP contribution in [-0.4, -0.2) is 41.2 Å². The molecule has 3 heteroatoms. The first-order valence-electron chi connectivity index (χ1n) is 8.69. The highest BCUT2D eigenvalue weighted by molar-refractivity contribution is 5.85. The van der Waals surface area contributed by atoms with E-state index in [1.807, 2.05) is 0 Å². The number of hydrogen-bond acceptors (Lipinski definition) is 2. The fourth-order valence-electron chi connectivity index (χ4n) is 4.46. The van der Waals surface area contributed by atoms with Crippen molar-refractivity contribution in [2.75, 3.05) is 26.2 Å². The van der Waals surface area contributed by atoms with Crippen molar-refractivity contribution >= 4 is 10.9 Å². The van der Waals surface area contributed by atoms with Crippen molar-refractivity contribution < 1.29 is 5.11 Å². The maximum Gasteiger partial charge on any atom is 0.0459 e. The Bertz CT molecular complexity index is 654. The summed E-state index contributed by atoms with van der Waals surface area (Å²) in [4.78, 5) is 6.36. The van der Waals surface area contributed by atoms with E-state index in [4.69, 9.17) is 0 Å². The van der Waals surface area contributed by atoms with Gasteiger partial charge in [-0.25, -0.2) is 0 Å². The fraction of sp³-hybridized carbons (Fsp3) is 0.579. The van der Waals surface area contributed by atoms with Crippen molar-refractivity contribution in [3.63, 3.8) is 0 Å². The van der Waals surface area contributed by atoms with Gasteiger partial charge in [0.1, 0.15) is 0 Å². The molecule has 2 N–H and O–H groups in total. The standard InChI is InChI=1S/C19H26N2O/c1-13(12-22)10-16-15-4-2-3-5-18(15)20-19(16)17-11-21-8-6-14(17)7-9-21/h2-5,13-14,17,20,22H,6-12H2,1H3. The maximum absolute atomic E-state index is 9.49. The molecule has 1 aromatic carbocycles. The second-order valence-electron chi connectivity index (χ2n) is 7.30. The average molecular weight is 298 g/mol. The number of aliphatic hydroxyl groups excluding tert-OH is 1. The molecule has 2 atom stereocenters. The first kappa shape index (κ1) is 14.3. The van der Waals surface area contributed by atoms with Gasteiger partial charge in [0.25, 0.3) is 0 Å². The molecule has 2 bridgehead atoms. The number of fused-ring (bicyclic) bond motifs is 4. The number of hydrogen-bond donors (Lipinski definition) is 2. The van der Waals surface area contributed by atoms with E-state index in [0.29, 0.717) is 11.8 Å². The normalized spacial score (nSPS) is 29.1. The van der Waals surface area contributed by atoms with E-state index in [2.05, 4.69) is 41.1 Å². The summed E-state index contributed by atoms with van der Waals surface area (Å²) in [6, 6.07) is 8.66. The van der Waals surface area contributed by atoms with Crippen LogP contribution in [0.4, 0.5) is 0 Å². The Morgan fingerprint density at radius 1 is 1.27 bits per heavy atom. The Morgan fingerprint density at radius 2 is 2.05 bits per heavy atom. The highest BCUT2D eigenvalue weighted by Crippen LogP contribution is 2.41. The lowest BCUT2D eigenvalue weighted by Crippen LogP contribution is -2.46. The molecule has 0 saturated carbocycles. The molecule has 1 aromatic heterocycles. The number of benzene rings is 1. The molecule has 3 aliphatic rings. The summed E-state index contributed by atoms with van der Waals surface area (Å²) in [6.07, 6.45) is 3.66. The molecule has 0 amide bonds. The second kappa shape index (κ2) is 5.71. The lowest BCUT2D eigenvalue weighted by atomic mass is 9.76. The molecule has 118 valence electrons. The summed E-state index contributed by atoms with van der Waals surface area (Å²) in [6.45, 7) is 6.17. The Hall–Kier alpha value is -1.32. The monoisotopic (exact) mass is 298 g/mol. The molecule has 5 rings (SSSR count). The number of H-pyrrole nitrogens is 1. The van der Waals surface area contributed by atoms with Crippen LogP contribution >= 0.6 is 0 Å². The summed E-state index contributed by atoms with van der Waals surface area (Å²) in [5.74, 6) is 1.80. The average Bonchev–Trinajstić information content (AvgIpc) is 2.94. The first-order valence-corrected chi connectivity index (χ1v) is 8.69. The van der Waals surface area contributed by atoms with Gasteiger partial charge in [-0.2, -0.15) is 0 Å². The topological polar surface area (TPSA) is 39.3 Å². The number of rotatable bonds is 4. The smallest absolute Gasteiger partial charge is 0.0459 e. The minimum Gasteiger partial charge on any atom is -0.396 e. The SMILES string of the molecule is CC(CO)Cc1c(C2CN3CCC2CC3)[nH]c2ccccc12. The van der Waals surface area contributed by atoms with Gasteiger partial charge in [-0.05, 0) is 55.8 Å². The molecule has 3 nitrogen and oxygen atoms in total. The highest BCUT2D eigenvalue weighted by Gasteiger charge is 2.37. The summed E-state index contributed by atoms with van der Waals surface area (Å²) in [5.41, 5.74) is 4.17. The quantitative estimate of drug-likeness (QED) is 0.910. The number of piperidine rings is 3. The van der Waals surface area contributed by atoms with Gasteiger partial charge in [0.2, 0.25) is 0 Å². The third-order valence-electron chi connectivity index (χ3n) is 5.74. The van der Waals surface area contributed by atoms with Gasteiger partial charge in [-0.1, -0.05) is 25.1 Å². The van der Waals surface area contributed by atoms with E-state index in [0.717, 1.165) is 12.3 Å². The van der Waals surface area contributed by atoms with E-state index in [1.165, 1.54) is 54.6 Å². The van der Waals surface area contributed by atoms with Crippen molar-refractivity contribution in [2.24, 2.45) is 11.8 Å². The van der Waals surface area contributed by atoms with Gasteiger partial charge >= 0.3 is 0 Å². The lowest BCUT2D eigenvalue weighted by Gasteiger charge is -2.45. The van der Waals surface area contributed by atoms with Gasteiger partial charge < -0.3 is 15.0 Å².